The molecule has 1 atom stereocenters. The lowest BCUT2D eigenvalue weighted by Gasteiger charge is -2.24. The number of carbonyl (C=O) groups excluding carboxylic acids is 1. The van der Waals surface area contributed by atoms with Gasteiger partial charge < -0.3 is 20.5 Å². The molecule has 14 heavy (non-hydrogen) atoms. The van der Waals surface area contributed by atoms with Crippen molar-refractivity contribution >= 4 is 5.91 Å². The molecule has 0 aliphatic heterocycles. The van der Waals surface area contributed by atoms with Crippen LogP contribution in [0.15, 0.2) is 0 Å². The molecule has 0 saturated heterocycles. The molecule has 0 saturated carbocycles. The fourth-order valence-electron chi connectivity index (χ4n) is 0.796. The third kappa shape index (κ3) is 4.55. The SMILES string of the molecule is COC(CN)C(=O)NCC(C)(C)OC. The van der Waals surface area contributed by atoms with Crippen LogP contribution < -0.4 is 11.1 Å². The van der Waals surface area contributed by atoms with E-state index >= 15 is 0 Å². The van der Waals surface area contributed by atoms with Gasteiger partial charge >= 0.3 is 0 Å². The summed E-state index contributed by atoms with van der Waals surface area (Å²) in [6.45, 7) is 4.38. The predicted octanol–water partition coefficient (Wildman–Crippen LogP) is -0.499. The highest BCUT2D eigenvalue weighted by molar-refractivity contribution is 5.81. The van der Waals surface area contributed by atoms with E-state index in [-0.39, 0.29) is 18.1 Å². The monoisotopic (exact) mass is 204 g/mol. The highest BCUT2D eigenvalue weighted by atomic mass is 16.5. The summed E-state index contributed by atoms with van der Waals surface area (Å²) >= 11 is 0. The molecule has 0 aromatic heterocycles. The first kappa shape index (κ1) is 13.4. The number of hydrogen-bond acceptors (Lipinski definition) is 4. The van der Waals surface area contributed by atoms with E-state index in [2.05, 4.69) is 5.32 Å². The number of hydrogen-bond donors (Lipinski definition) is 2. The van der Waals surface area contributed by atoms with Gasteiger partial charge in [0.1, 0.15) is 6.10 Å². The maximum Gasteiger partial charge on any atom is 0.250 e. The normalized spacial score (nSPS) is 13.8. The van der Waals surface area contributed by atoms with Gasteiger partial charge in [0.05, 0.1) is 5.60 Å². The Labute approximate surface area is 84.9 Å². The quantitative estimate of drug-likeness (QED) is 0.612. The molecule has 0 heterocycles. The number of methoxy groups -OCH3 is 2. The largest absolute Gasteiger partial charge is 0.377 e. The van der Waals surface area contributed by atoms with Gasteiger partial charge in [-0.05, 0) is 13.8 Å². The first-order valence-corrected chi connectivity index (χ1v) is 4.52. The van der Waals surface area contributed by atoms with Crippen LogP contribution in [0.5, 0.6) is 0 Å². The average molecular weight is 204 g/mol. The van der Waals surface area contributed by atoms with Crippen molar-refractivity contribution in [2.24, 2.45) is 5.73 Å². The lowest BCUT2D eigenvalue weighted by molar-refractivity contribution is -0.131. The lowest BCUT2D eigenvalue weighted by atomic mass is 10.1. The summed E-state index contributed by atoms with van der Waals surface area (Å²) in [4.78, 5) is 11.4. The van der Waals surface area contributed by atoms with E-state index in [4.69, 9.17) is 15.2 Å². The summed E-state index contributed by atoms with van der Waals surface area (Å²) in [5.74, 6) is -0.208. The summed E-state index contributed by atoms with van der Waals surface area (Å²) in [6, 6.07) is 0. The first-order valence-electron chi connectivity index (χ1n) is 4.52. The summed E-state index contributed by atoms with van der Waals surface area (Å²) in [5, 5.41) is 2.71. The Bertz CT molecular complexity index is 179. The van der Waals surface area contributed by atoms with Crippen LogP contribution in [0.4, 0.5) is 0 Å². The van der Waals surface area contributed by atoms with Crippen molar-refractivity contribution in [1.29, 1.82) is 0 Å². The summed E-state index contributed by atoms with van der Waals surface area (Å²) in [6.07, 6.45) is -0.581. The minimum absolute atomic E-state index is 0.176. The molecule has 5 heteroatoms. The van der Waals surface area contributed by atoms with E-state index in [1.807, 2.05) is 13.8 Å². The van der Waals surface area contributed by atoms with E-state index in [1.54, 1.807) is 7.11 Å². The Morgan fingerprint density at radius 1 is 1.50 bits per heavy atom. The van der Waals surface area contributed by atoms with Crippen LogP contribution in [0, 0.1) is 0 Å². The lowest BCUT2D eigenvalue weighted by Crippen LogP contribution is -2.46. The van der Waals surface area contributed by atoms with Gasteiger partial charge in [0, 0.05) is 27.3 Å². The Morgan fingerprint density at radius 2 is 2.07 bits per heavy atom. The third-order valence-electron chi connectivity index (χ3n) is 2.03. The third-order valence-corrected chi connectivity index (χ3v) is 2.03. The average Bonchev–Trinajstić information content (AvgIpc) is 2.17. The van der Waals surface area contributed by atoms with Crippen LogP contribution in [-0.2, 0) is 14.3 Å². The van der Waals surface area contributed by atoms with Gasteiger partial charge in [0.2, 0.25) is 0 Å². The highest BCUT2D eigenvalue weighted by Crippen LogP contribution is 2.04. The zero-order chi connectivity index (χ0) is 11.2. The minimum atomic E-state index is -0.581. The van der Waals surface area contributed by atoms with E-state index in [1.165, 1.54) is 7.11 Å². The molecule has 1 unspecified atom stereocenters. The Balaban J connectivity index is 3.95. The number of nitrogens with two attached hydrogens (primary N) is 1. The molecule has 0 aromatic carbocycles. The summed E-state index contributed by atoms with van der Waals surface area (Å²) < 4.78 is 10.0. The zero-order valence-electron chi connectivity index (χ0n) is 9.29. The van der Waals surface area contributed by atoms with E-state index in [9.17, 15) is 4.79 Å². The van der Waals surface area contributed by atoms with E-state index in [0.29, 0.717) is 6.54 Å². The predicted molar refractivity (Wildman–Crippen MR) is 53.9 cm³/mol. The van der Waals surface area contributed by atoms with Crippen LogP contribution in [0.3, 0.4) is 0 Å². The van der Waals surface area contributed by atoms with Crippen LogP contribution in [-0.4, -0.2) is 44.9 Å². The number of rotatable bonds is 6. The molecule has 0 aliphatic rings. The van der Waals surface area contributed by atoms with Crippen molar-refractivity contribution in [2.45, 2.75) is 25.6 Å². The molecule has 5 nitrogen and oxygen atoms in total. The first-order chi connectivity index (χ1) is 6.46. The maximum atomic E-state index is 11.4. The molecular formula is C9H20N2O3. The number of ether oxygens (including phenoxy) is 2. The van der Waals surface area contributed by atoms with Gasteiger partial charge in [0.25, 0.3) is 5.91 Å². The number of carbonyl (C=O) groups is 1. The molecule has 0 aliphatic carbocycles. The molecule has 0 rings (SSSR count). The van der Waals surface area contributed by atoms with Crippen LogP contribution >= 0.6 is 0 Å². The molecular weight excluding hydrogens is 184 g/mol. The Hall–Kier alpha value is -0.650. The van der Waals surface area contributed by atoms with Gasteiger partial charge in [-0.1, -0.05) is 0 Å². The second kappa shape index (κ2) is 5.95. The molecule has 1 amide bonds. The highest BCUT2D eigenvalue weighted by Gasteiger charge is 2.21. The molecule has 3 N–H and O–H groups in total. The fraction of sp³-hybridized carbons (Fsp3) is 0.889. The van der Waals surface area contributed by atoms with Gasteiger partial charge in [0.15, 0.2) is 0 Å². The summed E-state index contributed by atoms with van der Waals surface area (Å²) in [7, 11) is 3.06. The van der Waals surface area contributed by atoms with Crippen molar-refractivity contribution in [1.82, 2.24) is 5.32 Å². The maximum absolute atomic E-state index is 11.4. The topological polar surface area (TPSA) is 73.6 Å². The van der Waals surface area contributed by atoms with E-state index < -0.39 is 6.10 Å². The molecule has 0 spiro atoms. The Kier molecular flexibility index (Phi) is 5.68. The molecule has 0 fully saturated rings. The van der Waals surface area contributed by atoms with Gasteiger partial charge in [-0.3, -0.25) is 4.79 Å². The van der Waals surface area contributed by atoms with Crippen LogP contribution in [0.2, 0.25) is 0 Å². The molecule has 0 aromatic rings. The minimum Gasteiger partial charge on any atom is -0.377 e. The van der Waals surface area contributed by atoms with Crippen molar-refractivity contribution < 1.29 is 14.3 Å². The van der Waals surface area contributed by atoms with Crippen molar-refractivity contribution in [2.75, 3.05) is 27.3 Å². The van der Waals surface area contributed by atoms with Crippen molar-refractivity contribution in [3.05, 3.63) is 0 Å². The number of nitrogens with one attached hydrogen (secondary N) is 1. The van der Waals surface area contributed by atoms with Crippen LogP contribution in [0.1, 0.15) is 13.8 Å². The second-order valence-corrected chi connectivity index (χ2v) is 3.64. The van der Waals surface area contributed by atoms with E-state index in [0.717, 1.165) is 0 Å². The summed E-state index contributed by atoms with van der Waals surface area (Å²) in [5.41, 5.74) is 4.97. The molecule has 0 radical (unpaired) electrons. The number of amides is 1. The van der Waals surface area contributed by atoms with Gasteiger partial charge in [-0.25, -0.2) is 0 Å². The molecule has 84 valence electrons. The smallest absolute Gasteiger partial charge is 0.250 e. The van der Waals surface area contributed by atoms with Gasteiger partial charge in [-0.2, -0.15) is 0 Å². The standard InChI is InChI=1S/C9H20N2O3/c1-9(2,14-4)6-11-8(12)7(5-10)13-3/h7H,5-6,10H2,1-4H3,(H,11,12). The van der Waals surface area contributed by atoms with Gasteiger partial charge in [-0.15, -0.1) is 0 Å². The zero-order valence-corrected chi connectivity index (χ0v) is 9.29. The Morgan fingerprint density at radius 3 is 2.43 bits per heavy atom. The fourth-order valence-corrected chi connectivity index (χ4v) is 0.796. The molecule has 0 bridgehead atoms. The van der Waals surface area contributed by atoms with Crippen molar-refractivity contribution in [3.63, 3.8) is 0 Å². The van der Waals surface area contributed by atoms with Crippen molar-refractivity contribution in [3.8, 4) is 0 Å². The van der Waals surface area contributed by atoms with Crippen LogP contribution in [0.25, 0.3) is 0 Å². The second-order valence-electron chi connectivity index (χ2n) is 3.64.